The molecule has 0 radical (unpaired) electrons. The smallest absolute Gasteiger partial charge is 0.410 e. The molecule has 0 saturated carbocycles. The van der Waals surface area contributed by atoms with E-state index in [2.05, 4.69) is 10.6 Å². The first-order valence-corrected chi connectivity index (χ1v) is 13.0. The number of nitrogens with one attached hydrogen (secondary N) is 2. The molecular formula is C26H36F3N5O4. The van der Waals surface area contributed by atoms with Crippen molar-refractivity contribution in [2.75, 3.05) is 56.0 Å². The maximum Gasteiger partial charge on any atom is 0.410 e. The fourth-order valence-electron chi connectivity index (χ4n) is 5.18. The van der Waals surface area contributed by atoms with Crippen molar-refractivity contribution in [1.29, 1.82) is 0 Å². The fraction of sp³-hybridized carbons (Fsp3) is 0.654. The Morgan fingerprint density at radius 1 is 1.13 bits per heavy atom. The molecule has 0 bridgehead atoms. The topological polar surface area (TPSA) is 94.2 Å². The van der Waals surface area contributed by atoms with Crippen LogP contribution in [0.15, 0.2) is 18.2 Å². The van der Waals surface area contributed by atoms with Crippen molar-refractivity contribution in [1.82, 2.24) is 15.1 Å². The van der Waals surface area contributed by atoms with Crippen LogP contribution in [-0.4, -0.2) is 91.1 Å². The number of alkyl halides is 2. The Labute approximate surface area is 220 Å². The summed E-state index contributed by atoms with van der Waals surface area (Å²) in [5, 5.41) is 5.36. The van der Waals surface area contributed by atoms with E-state index in [0.717, 1.165) is 4.90 Å². The van der Waals surface area contributed by atoms with Gasteiger partial charge in [0.15, 0.2) is 0 Å². The first-order chi connectivity index (χ1) is 17.8. The molecule has 210 valence electrons. The molecule has 2 unspecified atom stereocenters. The largest absolute Gasteiger partial charge is 0.444 e. The lowest BCUT2D eigenvalue weighted by Crippen LogP contribution is -2.62. The molecule has 1 aromatic rings. The lowest BCUT2D eigenvalue weighted by atomic mass is 9.98. The number of hydrogen-bond acceptors (Lipinski definition) is 7. The number of carbonyl (C=O) groups is 3. The number of imide groups is 1. The van der Waals surface area contributed by atoms with E-state index in [4.69, 9.17) is 4.74 Å². The Morgan fingerprint density at radius 2 is 1.84 bits per heavy atom. The lowest BCUT2D eigenvalue weighted by molar-refractivity contribution is -0.135. The van der Waals surface area contributed by atoms with Crippen LogP contribution in [0.3, 0.4) is 0 Å². The van der Waals surface area contributed by atoms with Crippen molar-refractivity contribution in [3.63, 3.8) is 0 Å². The summed E-state index contributed by atoms with van der Waals surface area (Å²) in [5.41, 5.74) is 0.157. The van der Waals surface area contributed by atoms with Crippen LogP contribution in [0.4, 0.5) is 29.3 Å². The normalized spacial score (nSPS) is 24.7. The van der Waals surface area contributed by atoms with E-state index in [1.165, 1.54) is 6.07 Å². The standard InChI is InChI=1S/C26H36F3N5O4/c1-25(2,3)38-24(37)34-9-8-21(26(28,29)16-34)33-12-10-32(11-13-33)20-6-5-18(14-19(20)27)30-15-17-4-7-22(35)31-23(17)36/h5-6,14,17,21,30H,4,7-13,15-16H2,1-3H3,(H,31,35,36). The van der Waals surface area contributed by atoms with Gasteiger partial charge in [-0.05, 0) is 51.8 Å². The minimum Gasteiger partial charge on any atom is -0.444 e. The molecule has 0 aliphatic carbocycles. The molecule has 1 aromatic carbocycles. The van der Waals surface area contributed by atoms with Crippen LogP contribution in [0.5, 0.6) is 0 Å². The number of nitrogens with zero attached hydrogens (tertiary/aromatic N) is 3. The molecule has 3 heterocycles. The van der Waals surface area contributed by atoms with Crippen LogP contribution in [0.25, 0.3) is 0 Å². The number of anilines is 2. The molecule has 12 heteroatoms. The SMILES string of the molecule is CC(C)(C)OC(=O)N1CCC(N2CCN(c3ccc(NCC4CCC(=O)NC4=O)cc3F)CC2)C(F)(F)C1. The zero-order chi connectivity index (χ0) is 27.7. The lowest BCUT2D eigenvalue weighted by Gasteiger charge is -2.46. The molecule has 0 spiro atoms. The molecule has 2 atom stereocenters. The summed E-state index contributed by atoms with van der Waals surface area (Å²) in [6.07, 6.45) is 0.132. The highest BCUT2D eigenvalue weighted by molar-refractivity contribution is 5.98. The van der Waals surface area contributed by atoms with Crippen molar-refractivity contribution in [3.8, 4) is 0 Å². The third-order valence-electron chi connectivity index (χ3n) is 7.16. The quantitative estimate of drug-likeness (QED) is 0.556. The number of rotatable bonds is 5. The Hall–Kier alpha value is -3.02. The number of amides is 3. The van der Waals surface area contributed by atoms with Crippen LogP contribution < -0.4 is 15.5 Å². The van der Waals surface area contributed by atoms with Crippen molar-refractivity contribution in [3.05, 3.63) is 24.0 Å². The molecule has 3 amide bonds. The van der Waals surface area contributed by atoms with Crippen molar-refractivity contribution in [2.24, 2.45) is 5.92 Å². The molecule has 0 aromatic heterocycles. The van der Waals surface area contributed by atoms with Gasteiger partial charge in [-0.3, -0.25) is 19.8 Å². The van der Waals surface area contributed by atoms with E-state index in [0.29, 0.717) is 44.0 Å². The predicted molar refractivity (Wildman–Crippen MR) is 136 cm³/mol. The van der Waals surface area contributed by atoms with Crippen molar-refractivity contribution >= 4 is 29.3 Å². The summed E-state index contributed by atoms with van der Waals surface area (Å²) in [6, 6.07) is 3.73. The number of piperidine rings is 2. The van der Waals surface area contributed by atoms with Gasteiger partial charge < -0.3 is 19.9 Å². The number of hydrogen-bond donors (Lipinski definition) is 2. The monoisotopic (exact) mass is 539 g/mol. The van der Waals surface area contributed by atoms with Gasteiger partial charge in [-0.25, -0.2) is 18.0 Å². The molecule has 3 aliphatic rings. The van der Waals surface area contributed by atoms with E-state index in [1.807, 2.05) is 4.90 Å². The Kier molecular flexibility index (Phi) is 8.10. The molecule has 4 rings (SSSR count). The molecule has 2 N–H and O–H groups in total. The van der Waals surface area contributed by atoms with Gasteiger partial charge in [-0.15, -0.1) is 0 Å². The maximum atomic E-state index is 15.1. The van der Waals surface area contributed by atoms with Crippen LogP contribution in [0.1, 0.15) is 40.0 Å². The van der Waals surface area contributed by atoms with E-state index in [-0.39, 0.29) is 43.7 Å². The van der Waals surface area contributed by atoms with Crippen LogP contribution in [-0.2, 0) is 14.3 Å². The van der Waals surface area contributed by atoms with Crippen molar-refractivity contribution < 1.29 is 32.3 Å². The molecule has 3 aliphatic heterocycles. The van der Waals surface area contributed by atoms with E-state index in [9.17, 15) is 18.8 Å². The number of halogens is 3. The van der Waals surface area contributed by atoms with Gasteiger partial charge in [0.05, 0.1) is 24.2 Å². The van der Waals surface area contributed by atoms with Gasteiger partial charge >= 0.3 is 6.09 Å². The average Bonchev–Trinajstić information content (AvgIpc) is 2.82. The second-order valence-corrected chi connectivity index (χ2v) is 11.2. The van der Waals surface area contributed by atoms with E-state index in [1.54, 1.807) is 37.8 Å². The predicted octanol–water partition coefficient (Wildman–Crippen LogP) is 3.06. The zero-order valence-electron chi connectivity index (χ0n) is 22.1. The minimum atomic E-state index is -3.08. The average molecular weight is 540 g/mol. The fourth-order valence-corrected chi connectivity index (χ4v) is 5.18. The molecular weight excluding hydrogens is 503 g/mol. The van der Waals surface area contributed by atoms with E-state index >= 15 is 8.78 Å². The number of piperazine rings is 1. The number of carbonyl (C=O) groups excluding carboxylic acids is 3. The first-order valence-electron chi connectivity index (χ1n) is 13.0. The zero-order valence-corrected chi connectivity index (χ0v) is 22.1. The number of benzene rings is 1. The Balaban J connectivity index is 1.29. The second-order valence-electron chi connectivity index (χ2n) is 11.2. The maximum absolute atomic E-state index is 15.1. The van der Waals surface area contributed by atoms with E-state index < -0.39 is 36.0 Å². The Morgan fingerprint density at radius 3 is 2.45 bits per heavy atom. The number of likely N-dealkylation sites (tertiary alicyclic amines) is 1. The van der Waals surface area contributed by atoms with Gasteiger partial charge in [0.25, 0.3) is 5.92 Å². The third-order valence-corrected chi connectivity index (χ3v) is 7.16. The van der Waals surface area contributed by atoms with Gasteiger partial charge in [0.1, 0.15) is 11.4 Å². The highest BCUT2D eigenvalue weighted by Crippen LogP contribution is 2.33. The molecule has 38 heavy (non-hydrogen) atoms. The van der Waals surface area contributed by atoms with Crippen LogP contribution >= 0.6 is 0 Å². The molecule has 3 saturated heterocycles. The van der Waals surface area contributed by atoms with Crippen molar-refractivity contribution in [2.45, 2.75) is 57.6 Å². The van der Waals surface area contributed by atoms with Gasteiger partial charge in [0.2, 0.25) is 11.8 Å². The summed E-state index contributed by atoms with van der Waals surface area (Å²) in [5.74, 6) is -4.50. The highest BCUT2D eigenvalue weighted by Gasteiger charge is 2.49. The molecule has 9 nitrogen and oxygen atoms in total. The highest BCUT2D eigenvalue weighted by atomic mass is 19.3. The van der Waals surface area contributed by atoms with Gasteiger partial charge in [-0.2, -0.15) is 0 Å². The van der Waals surface area contributed by atoms with Gasteiger partial charge in [0, 0.05) is 51.4 Å². The summed E-state index contributed by atoms with van der Waals surface area (Å²) >= 11 is 0. The summed E-state index contributed by atoms with van der Waals surface area (Å²) in [6.45, 7) is 6.37. The summed E-state index contributed by atoms with van der Waals surface area (Å²) in [7, 11) is 0. The van der Waals surface area contributed by atoms with Gasteiger partial charge in [-0.1, -0.05) is 0 Å². The van der Waals surface area contributed by atoms with Crippen LogP contribution in [0, 0.1) is 11.7 Å². The number of ether oxygens (including phenoxy) is 1. The molecule has 3 fully saturated rings. The first kappa shape index (κ1) is 28.0. The second kappa shape index (κ2) is 11.0. The summed E-state index contributed by atoms with van der Waals surface area (Å²) in [4.78, 5) is 40.1. The van der Waals surface area contributed by atoms with Crippen LogP contribution in [0.2, 0.25) is 0 Å². The minimum absolute atomic E-state index is 0.133. The Bertz CT molecular complexity index is 1060. The third kappa shape index (κ3) is 6.69. The summed E-state index contributed by atoms with van der Waals surface area (Å²) < 4.78 is 50.3.